The molecule has 0 aliphatic rings. The third-order valence-corrected chi connectivity index (χ3v) is 5.31. The molecule has 3 heterocycles. The highest BCUT2D eigenvalue weighted by Gasteiger charge is 2.18. The lowest BCUT2D eigenvalue weighted by molar-refractivity contribution is 0.0736. The molecule has 7 heteroatoms. The van der Waals surface area contributed by atoms with Crippen molar-refractivity contribution < 1.29 is 5.11 Å². The smallest absolute Gasteiger partial charge is 0.221 e. The Bertz CT molecular complexity index is 1240. The number of hydrogen-bond acceptors (Lipinski definition) is 6. The predicted molar refractivity (Wildman–Crippen MR) is 121 cm³/mol. The Morgan fingerprint density at radius 2 is 1.74 bits per heavy atom. The van der Waals surface area contributed by atoms with Crippen LogP contribution >= 0.6 is 0 Å². The normalized spacial score (nSPS) is 11.6. The first kappa shape index (κ1) is 20.7. The number of benzene rings is 1. The van der Waals surface area contributed by atoms with Crippen LogP contribution in [-0.4, -0.2) is 29.8 Å². The van der Waals surface area contributed by atoms with Crippen molar-refractivity contribution in [2.45, 2.75) is 39.8 Å². The Labute approximate surface area is 181 Å². The average Bonchev–Trinajstić information content (AvgIpc) is 3.18. The summed E-state index contributed by atoms with van der Waals surface area (Å²) < 4.78 is 1.79. The predicted octanol–water partition coefficient (Wildman–Crippen LogP) is 3.88. The van der Waals surface area contributed by atoms with Crippen molar-refractivity contribution in [3.05, 3.63) is 77.4 Å². The third-order valence-electron chi connectivity index (χ3n) is 5.31. The Morgan fingerprint density at radius 1 is 1.00 bits per heavy atom. The maximum absolute atomic E-state index is 10.2. The van der Waals surface area contributed by atoms with Gasteiger partial charge in [0.1, 0.15) is 5.60 Å². The van der Waals surface area contributed by atoms with Crippen LogP contribution in [0.15, 0.2) is 54.9 Å². The van der Waals surface area contributed by atoms with Gasteiger partial charge in [-0.25, -0.2) is 9.97 Å². The van der Waals surface area contributed by atoms with Gasteiger partial charge in [0.2, 0.25) is 5.95 Å². The molecule has 0 amide bonds. The van der Waals surface area contributed by atoms with E-state index in [9.17, 15) is 5.11 Å². The largest absolute Gasteiger partial charge is 0.384 e. The lowest BCUT2D eigenvalue weighted by atomic mass is 10.00. The van der Waals surface area contributed by atoms with Gasteiger partial charge in [0, 0.05) is 17.3 Å². The SMILES string of the molecule is Cc1cccc(-c2cc(-c3cnn(Cc4cccc(C(C)(C)O)n4)c3)nc(N)n2)c1C. The number of nitrogens with zero attached hydrogens (tertiary/aromatic N) is 5. The number of anilines is 1. The van der Waals surface area contributed by atoms with E-state index in [2.05, 4.69) is 40.0 Å². The molecule has 0 atom stereocenters. The minimum Gasteiger partial charge on any atom is -0.384 e. The highest BCUT2D eigenvalue weighted by Crippen LogP contribution is 2.28. The molecule has 3 N–H and O–H groups in total. The van der Waals surface area contributed by atoms with Gasteiger partial charge in [0.15, 0.2) is 0 Å². The monoisotopic (exact) mass is 414 g/mol. The summed E-state index contributed by atoms with van der Waals surface area (Å²) in [5, 5.41) is 14.7. The van der Waals surface area contributed by atoms with Crippen molar-refractivity contribution in [2.75, 3.05) is 5.73 Å². The zero-order valence-electron chi connectivity index (χ0n) is 18.2. The Kier molecular flexibility index (Phi) is 5.29. The topological polar surface area (TPSA) is 103 Å². The molecule has 7 nitrogen and oxygen atoms in total. The van der Waals surface area contributed by atoms with Crippen LogP contribution in [0.4, 0.5) is 5.95 Å². The Hall–Kier alpha value is -3.58. The summed E-state index contributed by atoms with van der Waals surface area (Å²) in [6.07, 6.45) is 3.67. The fourth-order valence-electron chi connectivity index (χ4n) is 3.44. The summed E-state index contributed by atoms with van der Waals surface area (Å²) in [5.41, 5.74) is 12.2. The minimum atomic E-state index is -0.992. The lowest BCUT2D eigenvalue weighted by Crippen LogP contribution is -2.18. The number of aromatic nitrogens is 5. The van der Waals surface area contributed by atoms with E-state index in [-0.39, 0.29) is 5.95 Å². The summed E-state index contributed by atoms with van der Waals surface area (Å²) in [7, 11) is 0. The zero-order chi connectivity index (χ0) is 22.2. The lowest BCUT2D eigenvalue weighted by Gasteiger charge is -2.17. The van der Waals surface area contributed by atoms with Crippen molar-refractivity contribution in [3.63, 3.8) is 0 Å². The highest BCUT2D eigenvalue weighted by molar-refractivity contribution is 5.71. The van der Waals surface area contributed by atoms with E-state index in [1.54, 1.807) is 24.7 Å². The maximum Gasteiger partial charge on any atom is 0.221 e. The van der Waals surface area contributed by atoms with E-state index < -0.39 is 5.60 Å². The fourth-order valence-corrected chi connectivity index (χ4v) is 3.44. The number of nitrogen functional groups attached to an aromatic ring is 1. The quantitative estimate of drug-likeness (QED) is 0.514. The van der Waals surface area contributed by atoms with Gasteiger partial charge in [0.05, 0.1) is 35.5 Å². The molecule has 0 fully saturated rings. The summed E-state index contributed by atoms with van der Waals surface area (Å²) in [5.74, 6) is 0.223. The van der Waals surface area contributed by atoms with E-state index in [0.29, 0.717) is 17.9 Å². The molecular formula is C24H26N6O. The highest BCUT2D eigenvalue weighted by atomic mass is 16.3. The zero-order valence-corrected chi connectivity index (χ0v) is 18.2. The van der Waals surface area contributed by atoms with Gasteiger partial charge in [-0.3, -0.25) is 9.67 Å². The molecule has 4 rings (SSSR count). The number of aryl methyl sites for hydroxylation is 1. The van der Waals surface area contributed by atoms with Crippen LogP contribution < -0.4 is 5.73 Å². The number of rotatable bonds is 5. The van der Waals surface area contributed by atoms with Crippen LogP contribution in [0.2, 0.25) is 0 Å². The van der Waals surface area contributed by atoms with Crippen molar-refractivity contribution in [1.29, 1.82) is 0 Å². The number of hydrogen-bond donors (Lipinski definition) is 2. The van der Waals surface area contributed by atoms with E-state index in [1.165, 1.54) is 11.1 Å². The molecule has 3 aromatic heterocycles. The third kappa shape index (κ3) is 4.46. The van der Waals surface area contributed by atoms with Crippen molar-refractivity contribution in [2.24, 2.45) is 0 Å². The first-order chi connectivity index (χ1) is 14.7. The Balaban J connectivity index is 1.64. The molecule has 0 unspecified atom stereocenters. The van der Waals surface area contributed by atoms with Crippen LogP contribution in [0, 0.1) is 13.8 Å². The van der Waals surface area contributed by atoms with Gasteiger partial charge in [-0.1, -0.05) is 24.3 Å². The molecule has 1 aromatic carbocycles. The summed E-state index contributed by atoms with van der Waals surface area (Å²) in [6, 6.07) is 13.7. The first-order valence-electron chi connectivity index (χ1n) is 10.1. The summed E-state index contributed by atoms with van der Waals surface area (Å²) >= 11 is 0. The first-order valence-corrected chi connectivity index (χ1v) is 10.1. The number of pyridine rings is 1. The van der Waals surface area contributed by atoms with Crippen LogP contribution in [0.5, 0.6) is 0 Å². The van der Waals surface area contributed by atoms with Crippen LogP contribution in [-0.2, 0) is 12.1 Å². The average molecular weight is 415 g/mol. The molecule has 0 radical (unpaired) electrons. The molecule has 0 spiro atoms. The van der Waals surface area contributed by atoms with E-state index in [0.717, 1.165) is 22.5 Å². The summed E-state index contributed by atoms with van der Waals surface area (Å²) in [4.78, 5) is 13.4. The maximum atomic E-state index is 10.2. The van der Waals surface area contributed by atoms with Gasteiger partial charge in [-0.15, -0.1) is 0 Å². The van der Waals surface area contributed by atoms with Gasteiger partial charge < -0.3 is 10.8 Å². The van der Waals surface area contributed by atoms with Gasteiger partial charge in [0.25, 0.3) is 0 Å². The molecule has 4 aromatic rings. The fraction of sp³-hybridized carbons (Fsp3) is 0.250. The molecule has 31 heavy (non-hydrogen) atoms. The van der Waals surface area contributed by atoms with Crippen LogP contribution in [0.25, 0.3) is 22.5 Å². The second kappa shape index (κ2) is 7.92. The van der Waals surface area contributed by atoms with E-state index in [4.69, 9.17) is 5.73 Å². The second-order valence-corrected chi connectivity index (χ2v) is 8.24. The molecule has 0 aliphatic carbocycles. The molecule has 0 bridgehead atoms. The van der Waals surface area contributed by atoms with Crippen molar-refractivity contribution >= 4 is 5.95 Å². The molecular weight excluding hydrogens is 388 g/mol. The van der Waals surface area contributed by atoms with Crippen LogP contribution in [0.1, 0.15) is 36.4 Å². The number of nitrogens with two attached hydrogens (primary N) is 1. The molecule has 158 valence electrons. The summed E-state index contributed by atoms with van der Waals surface area (Å²) in [6.45, 7) is 8.08. The van der Waals surface area contributed by atoms with Crippen molar-refractivity contribution in [3.8, 4) is 22.5 Å². The Morgan fingerprint density at radius 3 is 2.52 bits per heavy atom. The molecule has 0 saturated heterocycles. The van der Waals surface area contributed by atoms with E-state index in [1.807, 2.05) is 42.6 Å². The van der Waals surface area contributed by atoms with E-state index >= 15 is 0 Å². The second-order valence-electron chi connectivity index (χ2n) is 8.24. The minimum absolute atomic E-state index is 0.223. The standard InChI is InChI=1S/C24H26N6O/c1-15-7-5-9-19(16(15)2)21-11-20(28-23(25)29-21)17-12-26-30(13-17)14-18-8-6-10-22(27-18)24(3,4)31/h5-13,31H,14H2,1-4H3,(H2,25,28,29). The molecule has 0 aliphatic heterocycles. The van der Waals surface area contributed by atoms with Gasteiger partial charge >= 0.3 is 0 Å². The number of aliphatic hydroxyl groups is 1. The van der Waals surface area contributed by atoms with Gasteiger partial charge in [-0.05, 0) is 57.0 Å². The van der Waals surface area contributed by atoms with Crippen LogP contribution in [0.3, 0.4) is 0 Å². The van der Waals surface area contributed by atoms with Gasteiger partial charge in [-0.2, -0.15) is 5.10 Å². The molecule has 0 saturated carbocycles. The van der Waals surface area contributed by atoms with Crippen molar-refractivity contribution in [1.82, 2.24) is 24.7 Å².